The maximum atomic E-state index is 6.48. The Bertz CT molecular complexity index is 773. The molecule has 2 saturated heterocycles. The van der Waals surface area contributed by atoms with Crippen LogP contribution in [0.3, 0.4) is 0 Å². The SMILES string of the molecule is CCOc1ccc(Cc2cc(C3OC(C)C4OC4C3C)ccc2Cl)cc1. The molecule has 138 valence electrons. The van der Waals surface area contributed by atoms with Crippen molar-refractivity contribution in [2.45, 2.75) is 51.6 Å². The van der Waals surface area contributed by atoms with Gasteiger partial charge in [0, 0.05) is 10.9 Å². The number of rotatable bonds is 5. The van der Waals surface area contributed by atoms with Crippen molar-refractivity contribution in [3.8, 4) is 5.75 Å². The fourth-order valence-electron chi connectivity index (χ4n) is 3.92. The molecule has 2 fully saturated rings. The van der Waals surface area contributed by atoms with Crippen LogP contribution in [0.5, 0.6) is 5.75 Å². The fraction of sp³-hybridized carbons (Fsp3) is 0.455. The quantitative estimate of drug-likeness (QED) is 0.676. The van der Waals surface area contributed by atoms with E-state index < -0.39 is 0 Å². The maximum Gasteiger partial charge on any atom is 0.119 e. The van der Waals surface area contributed by atoms with Crippen LogP contribution in [-0.2, 0) is 15.9 Å². The summed E-state index contributed by atoms with van der Waals surface area (Å²) in [5, 5.41) is 0.791. The van der Waals surface area contributed by atoms with Gasteiger partial charge < -0.3 is 14.2 Å². The molecule has 0 amide bonds. The zero-order valence-electron chi connectivity index (χ0n) is 15.4. The van der Waals surface area contributed by atoms with E-state index in [0.29, 0.717) is 18.6 Å². The molecule has 0 aliphatic carbocycles. The van der Waals surface area contributed by atoms with Crippen LogP contribution in [0.15, 0.2) is 42.5 Å². The maximum absolute atomic E-state index is 6.48. The molecule has 5 atom stereocenters. The van der Waals surface area contributed by atoms with Gasteiger partial charge in [-0.05, 0) is 55.2 Å². The predicted molar refractivity (Wildman–Crippen MR) is 103 cm³/mol. The highest BCUT2D eigenvalue weighted by Crippen LogP contribution is 2.47. The summed E-state index contributed by atoms with van der Waals surface area (Å²) in [4.78, 5) is 0. The predicted octanol–water partition coefficient (Wildman–Crippen LogP) is 5.19. The minimum Gasteiger partial charge on any atom is -0.494 e. The van der Waals surface area contributed by atoms with E-state index in [9.17, 15) is 0 Å². The first kappa shape index (κ1) is 17.8. The third-order valence-electron chi connectivity index (χ3n) is 5.41. The number of epoxide rings is 1. The molecule has 0 saturated carbocycles. The topological polar surface area (TPSA) is 31.0 Å². The lowest BCUT2D eigenvalue weighted by Gasteiger charge is -2.31. The van der Waals surface area contributed by atoms with Crippen LogP contribution < -0.4 is 4.74 Å². The summed E-state index contributed by atoms with van der Waals surface area (Å²) in [6, 6.07) is 14.5. The normalized spacial score (nSPS) is 29.9. The lowest BCUT2D eigenvalue weighted by Crippen LogP contribution is -2.33. The van der Waals surface area contributed by atoms with Gasteiger partial charge in [0.2, 0.25) is 0 Å². The van der Waals surface area contributed by atoms with E-state index >= 15 is 0 Å². The average Bonchev–Trinajstić information content (AvgIpc) is 3.44. The molecular weight excluding hydrogens is 348 g/mol. The lowest BCUT2D eigenvalue weighted by atomic mass is 9.88. The number of hydrogen-bond donors (Lipinski definition) is 0. The minimum absolute atomic E-state index is 0.0603. The van der Waals surface area contributed by atoms with Gasteiger partial charge in [-0.3, -0.25) is 0 Å². The molecule has 3 nitrogen and oxygen atoms in total. The van der Waals surface area contributed by atoms with Crippen molar-refractivity contribution in [2.24, 2.45) is 5.92 Å². The molecular formula is C22H25ClO3. The number of hydrogen-bond acceptors (Lipinski definition) is 3. The molecule has 0 radical (unpaired) electrons. The molecule has 5 unspecified atom stereocenters. The average molecular weight is 373 g/mol. The van der Waals surface area contributed by atoms with E-state index in [-0.39, 0.29) is 18.3 Å². The lowest BCUT2D eigenvalue weighted by molar-refractivity contribution is -0.0557. The van der Waals surface area contributed by atoms with Crippen LogP contribution in [-0.4, -0.2) is 24.9 Å². The van der Waals surface area contributed by atoms with Gasteiger partial charge in [-0.1, -0.05) is 42.8 Å². The summed E-state index contributed by atoms with van der Waals surface area (Å²) < 4.78 is 17.5. The molecule has 4 heteroatoms. The van der Waals surface area contributed by atoms with Gasteiger partial charge in [0.1, 0.15) is 11.9 Å². The summed E-state index contributed by atoms with van der Waals surface area (Å²) >= 11 is 6.48. The van der Waals surface area contributed by atoms with E-state index in [2.05, 4.69) is 38.1 Å². The van der Waals surface area contributed by atoms with Gasteiger partial charge in [-0.15, -0.1) is 0 Å². The van der Waals surface area contributed by atoms with Gasteiger partial charge >= 0.3 is 0 Å². The van der Waals surface area contributed by atoms with Crippen molar-refractivity contribution in [3.63, 3.8) is 0 Å². The first-order chi connectivity index (χ1) is 12.6. The Morgan fingerprint density at radius 2 is 1.77 bits per heavy atom. The van der Waals surface area contributed by atoms with E-state index in [1.807, 2.05) is 25.1 Å². The molecule has 2 aromatic carbocycles. The van der Waals surface area contributed by atoms with Crippen molar-refractivity contribution >= 4 is 11.6 Å². The summed E-state index contributed by atoms with van der Waals surface area (Å²) in [7, 11) is 0. The van der Waals surface area contributed by atoms with Crippen LogP contribution in [0.4, 0.5) is 0 Å². The Labute approximate surface area is 160 Å². The van der Waals surface area contributed by atoms with E-state index in [0.717, 1.165) is 22.8 Å². The van der Waals surface area contributed by atoms with Gasteiger partial charge in [0.15, 0.2) is 0 Å². The van der Waals surface area contributed by atoms with E-state index in [1.54, 1.807) is 0 Å². The second-order valence-corrected chi connectivity index (χ2v) is 7.70. The zero-order chi connectivity index (χ0) is 18.3. The van der Waals surface area contributed by atoms with Crippen molar-refractivity contribution in [1.29, 1.82) is 0 Å². The van der Waals surface area contributed by atoms with Gasteiger partial charge in [-0.2, -0.15) is 0 Å². The summed E-state index contributed by atoms with van der Waals surface area (Å²) in [6.07, 6.45) is 1.60. The summed E-state index contributed by atoms with van der Waals surface area (Å²) in [5.41, 5.74) is 3.52. The highest BCUT2D eigenvalue weighted by Gasteiger charge is 2.54. The van der Waals surface area contributed by atoms with Gasteiger partial charge in [-0.25, -0.2) is 0 Å². The molecule has 0 bridgehead atoms. The zero-order valence-corrected chi connectivity index (χ0v) is 16.2. The van der Waals surface area contributed by atoms with Crippen molar-refractivity contribution in [2.75, 3.05) is 6.61 Å². The first-order valence-electron chi connectivity index (χ1n) is 9.37. The molecule has 2 heterocycles. The minimum atomic E-state index is 0.0603. The highest BCUT2D eigenvalue weighted by atomic mass is 35.5. The second kappa shape index (κ2) is 7.22. The Balaban J connectivity index is 1.54. The molecule has 0 N–H and O–H groups in total. The van der Waals surface area contributed by atoms with Gasteiger partial charge in [0.05, 0.1) is 24.9 Å². The van der Waals surface area contributed by atoms with Gasteiger partial charge in [0.25, 0.3) is 0 Å². The van der Waals surface area contributed by atoms with Crippen LogP contribution in [0, 0.1) is 5.92 Å². The number of fused-ring (bicyclic) bond motifs is 1. The van der Waals surface area contributed by atoms with Crippen molar-refractivity contribution in [3.05, 3.63) is 64.2 Å². The van der Waals surface area contributed by atoms with Crippen LogP contribution in [0.25, 0.3) is 0 Å². The number of ether oxygens (including phenoxy) is 3. The summed E-state index contributed by atoms with van der Waals surface area (Å²) in [5.74, 6) is 1.25. The Morgan fingerprint density at radius 1 is 1.00 bits per heavy atom. The molecule has 2 aliphatic rings. The smallest absolute Gasteiger partial charge is 0.119 e. The third kappa shape index (κ3) is 3.48. The van der Waals surface area contributed by atoms with E-state index in [4.69, 9.17) is 25.8 Å². The van der Waals surface area contributed by atoms with Crippen LogP contribution in [0.1, 0.15) is 43.6 Å². The monoisotopic (exact) mass is 372 g/mol. The largest absolute Gasteiger partial charge is 0.494 e. The first-order valence-corrected chi connectivity index (χ1v) is 9.75. The molecule has 2 aromatic rings. The Kier molecular flexibility index (Phi) is 4.96. The molecule has 2 aliphatic heterocycles. The number of benzene rings is 2. The Morgan fingerprint density at radius 3 is 2.50 bits per heavy atom. The second-order valence-electron chi connectivity index (χ2n) is 7.29. The highest BCUT2D eigenvalue weighted by molar-refractivity contribution is 6.31. The Hall–Kier alpha value is -1.55. The number of halogens is 1. The van der Waals surface area contributed by atoms with E-state index in [1.165, 1.54) is 11.1 Å². The third-order valence-corrected chi connectivity index (χ3v) is 5.78. The fourth-order valence-corrected chi connectivity index (χ4v) is 4.11. The molecule has 0 aromatic heterocycles. The van der Waals surface area contributed by atoms with Crippen LogP contribution >= 0.6 is 11.6 Å². The molecule has 0 spiro atoms. The molecule has 26 heavy (non-hydrogen) atoms. The summed E-state index contributed by atoms with van der Waals surface area (Å²) in [6.45, 7) is 6.97. The van der Waals surface area contributed by atoms with Crippen molar-refractivity contribution in [1.82, 2.24) is 0 Å². The molecule has 4 rings (SSSR count). The van der Waals surface area contributed by atoms with Crippen molar-refractivity contribution < 1.29 is 14.2 Å². The standard InChI is InChI=1S/C22H25ClO3/c1-4-24-18-8-5-15(6-9-18)11-17-12-16(7-10-19(17)23)20-13(2)21-22(26-21)14(3)25-20/h5-10,12-14,20-22H,4,11H2,1-3H3. The van der Waals surface area contributed by atoms with Crippen LogP contribution in [0.2, 0.25) is 5.02 Å².